The van der Waals surface area contributed by atoms with E-state index in [1.54, 1.807) is 12.1 Å². The number of halogens is 1. The lowest BCUT2D eigenvalue weighted by Crippen LogP contribution is -2.32. The maximum atomic E-state index is 13.0. The van der Waals surface area contributed by atoms with E-state index in [-0.39, 0.29) is 5.82 Å². The number of piperidine rings is 1. The van der Waals surface area contributed by atoms with E-state index in [9.17, 15) is 9.18 Å². The van der Waals surface area contributed by atoms with Crippen molar-refractivity contribution < 1.29 is 9.18 Å². The summed E-state index contributed by atoms with van der Waals surface area (Å²) in [7, 11) is 0. The van der Waals surface area contributed by atoms with Crippen LogP contribution in [0.5, 0.6) is 0 Å². The molecule has 2 aromatic carbocycles. The molecule has 3 rings (SSSR count). The van der Waals surface area contributed by atoms with Gasteiger partial charge in [0.05, 0.1) is 0 Å². The molecule has 4 heteroatoms. The lowest BCUT2D eigenvalue weighted by Gasteiger charge is -2.34. The van der Waals surface area contributed by atoms with Gasteiger partial charge in [0.1, 0.15) is 5.82 Å². The Bertz CT molecular complexity index is 631. The van der Waals surface area contributed by atoms with E-state index < -0.39 is 0 Å². The SMILES string of the molecule is O=CNCc1ccc(N2CCC(c3ccc(F)cc3)CC2)cc1. The van der Waals surface area contributed by atoms with E-state index in [0.717, 1.165) is 31.5 Å². The van der Waals surface area contributed by atoms with Crippen molar-refractivity contribution in [2.75, 3.05) is 18.0 Å². The van der Waals surface area contributed by atoms with Gasteiger partial charge in [0.15, 0.2) is 0 Å². The summed E-state index contributed by atoms with van der Waals surface area (Å²) in [5.74, 6) is 0.346. The molecular formula is C19H21FN2O. The lowest BCUT2D eigenvalue weighted by molar-refractivity contribution is -0.109. The quantitative estimate of drug-likeness (QED) is 0.858. The van der Waals surface area contributed by atoms with Crippen molar-refractivity contribution in [2.24, 2.45) is 0 Å². The normalized spacial score (nSPS) is 15.4. The Morgan fingerprint density at radius 3 is 2.30 bits per heavy atom. The monoisotopic (exact) mass is 312 g/mol. The Labute approximate surface area is 136 Å². The van der Waals surface area contributed by atoms with Gasteiger partial charge in [-0.1, -0.05) is 24.3 Å². The van der Waals surface area contributed by atoms with Crippen molar-refractivity contribution in [1.82, 2.24) is 5.32 Å². The smallest absolute Gasteiger partial charge is 0.207 e. The molecule has 1 fully saturated rings. The van der Waals surface area contributed by atoms with E-state index in [1.165, 1.54) is 11.3 Å². The molecule has 0 saturated carbocycles. The molecule has 0 aliphatic carbocycles. The summed E-state index contributed by atoms with van der Waals surface area (Å²) in [5.41, 5.74) is 3.56. The number of benzene rings is 2. The second-order valence-corrected chi connectivity index (χ2v) is 5.98. The van der Waals surface area contributed by atoms with Crippen molar-refractivity contribution in [1.29, 1.82) is 0 Å². The summed E-state index contributed by atoms with van der Waals surface area (Å²) < 4.78 is 13.0. The van der Waals surface area contributed by atoms with Crippen molar-refractivity contribution in [3.63, 3.8) is 0 Å². The molecule has 23 heavy (non-hydrogen) atoms. The second kappa shape index (κ2) is 7.27. The number of hydrogen-bond donors (Lipinski definition) is 1. The Morgan fingerprint density at radius 1 is 1.04 bits per heavy atom. The van der Waals surface area contributed by atoms with Gasteiger partial charge in [-0.05, 0) is 54.2 Å². The first-order valence-electron chi connectivity index (χ1n) is 8.02. The first kappa shape index (κ1) is 15.5. The van der Waals surface area contributed by atoms with E-state index in [2.05, 4.69) is 34.5 Å². The van der Waals surface area contributed by atoms with Gasteiger partial charge in [-0.3, -0.25) is 4.79 Å². The number of hydrogen-bond acceptors (Lipinski definition) is 2. The number of carbonyl (C=O) groups excluding carboxylic acids is 1. The number of amides is 1. The zero-order chi connectivity index (χ0) is 16.1. The Hall–Kier alpha value is -2.36. The predicted octanol–water partition coefficient (Wildman–Crippen LogP) is 3.46. The molecular weight excluding hydrogens is 291 g/mol. The Balaban J connectivity index is 1.58. The maximum absolute atomic E-state index is 13.0. The summed E-state index contributed by atoms with van der Waals surface area (Å²) in [6.45, 7) is 2.58. The fourth-order valence-electron chi connectivity index (χ4n) is 3.19. The van der Waals surface area contributed by atoms with Crippen molar-refractivity contribution in [3.8, 4) is 0 Å². The Kier molecular flexibility index (Phi) is 4.91. The van der Waals surface area contributed by atoms with Crippen LogP contribution in [0.3, 0.4) is 0 Å². The third kappa shape index (κ3) is 3.89. The highest BCUT2D eigenvalue weighted by Gasteiger charge is 2.20. The highest BCUT2D eigenvalue weighted by molar-refractivity contribution is 5.50. The fraction of sp³-hybridized carbons (Fsp3) is 0.316. The van der Waals surface area contributed by atoms with E-state index in [1.807, 2.05) is 12.1 Å². The lowest BCUT2D eigenvalue weighted by atomic mass is 9.89. The fourth-order valence-corrected chi connectivity index (χ4v) is 3.19. The van der Waals surface area contributed by atoms with Gasteiger partial charge in [0, 0.05) is 25.3 Å². The average Bonchev–Trinajstić information content (AvgIpc) is 2.61. The Morgan fingerprint density at radius 2 is 1.70 bits per heavy atom. The molecule has 3 nitrogen and oxygen atoms in total. The average molecular weight is 312 g/mol. The number of nitrogens with one attached hydrogen (secondary N) is 1. The van der Waals surface area contributed by atoms with Crippen LogP contribution in [0.15, 0.2) is 48.5 Å². The van der Waals surface area contributed by atoms with Crippen LogP contribution in [0.25, 0.3) is 0 Å². The van der Waals surface area contributed by atoms with Crippen LogP contribution in [0.2, 0.25) is 0 Å². The molecule has 0 spiro atoms. The molecule has 120 valence electrons. The number of anilines is 1. The minimum atomic E-state index is -0.171. The van der Waals surface area contributed by atoms with Crippen LogP contribution >= 0.6 is 0 Å². The van der Waals surface area contributed by atoms with Crippen LogP contribution in [0.4, 0.5) is 10.1 Å². The number of rotatable bonds is 5. The van der Waals surface area contributed by atoms with Crippen LogP contribution in [0.1, 0.15) is 29.9 Å². The molecule has 0 aromatic heterocycles. The van der Waals surface area contributed by atoms with Gasteiger partial charge in [0.2, 0.25) is 6.41 Å². The number of carbonyl (C=O) groups is 1. The molecule has 1 saturated heterocycles. The highest BCUT2D eigenvalue weighted by atomic mass is 19.1. The van der Waals surface area contributed by atoms with E-state index in [4.69, 9.17) is 0 Å². The third-order valence-corrected chi connectivity index (χ3v) is 4.53. The molecule has 0 radical (unpaired) electrons. The minimum Gasteiger partial charge on any atom is -0.371 e. The third-order valence-electron chi connectivity index (χ3n) is 4.53. The van der Waals surface area contributed by atoms with Gasteiger partial charge in [-0.15, -0.1) is 0 Å². The molecule has 0 atom stereocenters. The van der Waals surface area contributed by atoms with Crippen LogP contribution in [-0.2, 0) is 11.3 Å². The summed E-state index contributed by atoms with van der Waals surface area (Å²) in [6.07, 6.45) is 2.88. The topological polar surface area (TPSA) is 32.3 Å². The molecule has 0 bridgehead atoms. The molecule has 2 aromatic rings. The summed E-state index contributed by atoms with van der Waals surface area (Å²) in [6, 6.07) is 15.2. The van der Waals surface area contributed by atoms with Crippen molar-refractivity contribution >= 4 is 12.1 Å². The first-order chi connectivity index (χ1) is 11.3. The van der Waals surface area contributed by atoms with Gasteiger partial charge >= 0.3 is 0 Å². The van der Waals surface area contributed by atoms with Gasteiger partial charge < -0.3 is 10.2 Å². The largest absolute Gasteiger partial charge is 0.371 e. The molecule has 1 aliphatic rings. The highest BCUT2D eigenvalue weighted by Crippen LogP contribution is 2.30. The van der Waals surface area contributed by atoms with Crippen LogP contribution < -0.4 is 10.2 Å². The maximum Gasteiger partial charge on any atom is 0.207 e. The second-order valence-electron chi connectivity index (χ2n) is 5.98. The first-order valence-corrected chi connectivity index (χ1v) is 8.02. The van der Waals surface area contributed by atoms with Gasteiger partial charge in [0.25, 0.3) is 0 Å². The molecule has 1 heterocycles. The summed E-state index contributed by atoms with van der Waals surface area (Å²) in [5, 5.41) is 2.67. The molecule has 0 unspecified atom stereocenters. The molecule has 1 N–H and O–H groups in total. The summed E-state index contributed by atoms with van der Waals surface area (Å²) >= 11 is 0. The van der Waals surface area contributed by atoms with Gasteiger partial charge in [-0.2, -0.15) is 0 Å². The van der Waals surface area contributed by atoms with Crippen LogP contribution in [0, 0.1) is 5.82 Å². The van der Waals surface area contributed by atoms with Crippen LogP contribution in [-0.4, -0.2) is 19.5 Å². The standard InChI is InChI=1S/C19H21FN2O/c20-18-5-3-16(4-6-18)17-9-11-22(12-10-17)19-7-1-15(2-8-19)13-21-14-23/h1-8,14,17H,9-13H2,(H,21,23). The van der Waals surface area contributed by atoms with Crippen molar-refractivity contribution in [2.45, 2.75) is 25.3 Å². The predicted molar refractivity (Wildman–Crippen MR) is 89.9 cm³/mol. The zero-order valence-electron chi connectivity index (χ0n) is 13.0. The summed E-state index contributed by atoms with van der Waals surface area (Å²) in [4.78, 5) is 12.7. The zero-order valence-corrected chi connectivity index (χ0v) is 13.0. The van der Waals surface area contributed by atoms with E-state index in [0.29, 0.717) is 18.9 Å². The molecule has 1 aliphatic heterocycles. The van der Waals surface area contributed by atoms with E-state index >= 15 is 0 Å². The van der Waals surface area contributed by atoms with Gasteiger partial charge in [-0.25, -0.2) is 4.39 Å². The van der Waals surface area contributed by atoms with Crippen molar-refractivity contribution in [3.05, 3.63) is 65.5 Å². The molecule has 1 amide bonds. The number of nitrogens with zero attached hydrogens (tertiary/aromatic N) is 1. The minimum absolute atomic E-state index is 0.171.